The summed E-state index contributed by atoms with van der Waals surface area (Å²) >= 11 is 0. The maximum Gasteiger partial charge on any atom is 0.246 e. The van der Waals surface area contributed by atoms with E-state index in [1.165, 1.54) is 6.92 Å². The number of aliphatic hydroxyl groups is 1. The van der Waals surface area contributed by atoms with Gasteiger partial charge in [-0.05, 0) is 19.9 Å². The Bertz CT molecular complexity index is 969. The number of aryl methyl sites for hydroxylation is 3. The summed E-state index contributed by atoms with van der Waals surface area (Å²) in [6.07, 6.45) is 0.839. The van der Waals surface area contributed by atoms with Crippen LogP contribution in [0, 0.1) is 13.8 Å². The molecule has 0 aliphatic heterocycles. The second kappa shape index (κ2) is 6.04. The number of para-hydroxylation sites is 1. The van der Waals surface area contributed by atoms with Crippen molar-refractivity contribution in [1.29, 1.82) is 0 Å². The third-order valence-electron chi connectivity index (χ3n) is 3.99. The molecule has 3 aromatic rings. The lowest BCUT2D eigenvalue weighted by Gasteiger charge is -2.11. The summed E-state index contributed by atoms with van der Waals surface area (Å²) in [5.74, 6) is 0.222. The summed E-state index contributed by atoms with van der Waals surface area (Å²) in [4.78, 5) is 0.0209. The molecule has 3 rings (SSSR count). The molecule has 1 aromatic carbocycles. The van der Waals surface area contributed by atoms with Crippen molar-refractivity contribution < 1.29 is 18.0 Å². The van der Waals surface area contributed by atoms with Crippen LogP contribution in [-0.2, 0) is 17.1 Å². The molecule has 0 aliphatic rings. The Labute approximate surface area is 139 Å². The van der Waals surface area contributed by atoms with Crippen molar-refractivity contribution in [3.63, 3.8) is 0 Å². The molecule has 0 saturated heterocycles. The maximum absolute atomic E-state index is 12.4. The molecule has 0 spiro atoms. The first-order chi connectivity index (χ1) is 11.3. The van der Waals surface area contributed by atoms with Crippen LogP contribution in [0.1, 0.15) is 23.1 Å². The lowest BCUT2D eigenvalue weighted by atomic mass is 10.1. The van der Waals surface area contributed by atoms with Gasteiger partial charge in [0.05, 0.1) is 6.10 Å². The van der Waals surface area contributed by atoms with Crippen LogP contribution >= 0.6 is 0 Å². The molecular weight excluding hydrogens is 330 g/mol. The van der Waals surface area contributed by atoms with E-state index in [1.54, 1.807) is 13.1 Å². The Hall–Kier alpha value is -2.16. The van der Waals surface area contributed by atoms with E-state index in [0.717, 1.165) is 10.9 Å². The van der Waals surface area contributed by atoms with Crippen molar-refractivity contribution in [2.24, 2.45) is 7.05 Å². The molecule has 0 amide bonds. The highest BCUT2D eigenvalue weighted by Crippen LogP contribution is 2.26. The second-order valence-electron chi connectivity index (χ2n) is 5.73. The number of hydrogen-bond acceptors (Lipinski definition) is 5. The van der Waals surface area contributed by atoms with Gasteiger partial charge >= 0.3 is 0 Å². The SMILES string of the molecule is Cc1noc(C)c1S(=O)(=O)NC[C@H](O)c1cn(C)c2ccccc12. The molecule has 0 saturated carbocycles. The number of sulfonamides is 1. The number of aromatic nitrogens is 2. The third-order valence-corrected chi connectivity index (χ3v) is 5.66. The fourth-order valence-corrected chi connectivity index (χ4v) is 4.23. The fraction of sp³-hybridized carbons (Fsp3) is 0.312. The molecule has 0 aliphatic carbocycles. The van der Waals surface area contributed by atoms with Crippen LogP contribution in [0.5, 0.6) is 0 Å². The lowest BCUT2D eigenvalue weighted by molar-refractivity contribution is 0.183. The standard InChI is InChI=1S/C16H19N3O4S/c1-10-16(11(2)23-18-10)24(21,22)17-8-15(20)13-9-19(3)14-7-5-4-6-12(13)14/h4-7,9,15,17,20H,8H2,1-3H3/t15-/m0/s1. The summed E-state index contributed by atoms with van der Waals surface area (Å²) in [7, 11) is -1.92. The van der Waals surface area contributed by atoms with E-state index in [0.29, 0.717) is 11.3 Å². The van der Waals surface area contributed by atoms with Crippen LogP contribution in [0.4, 0.5) is 0 Å². The molecule has 1 atom stereocenters. The predicted octanol–water partition coefficient (Wildman–Crippen LogP) is 1.80. The van der Waals surface area contributed by atoms with Crippen molar-refractivity contribution in [3.8, 4) is 0 Å². The predicted molar refractivity (Wildman–Crippen MR) is 89.0 cm³/mol. The van der Waals surface area contributed by atoms with Gasteiger partial charge in [0.2, 0.25) is 10.0 Å². The molecule has 0 fully saturated rings. The van der Waals surface area contributed by atoms with E-state index in [1.807, 2.05) is 35.9 Å². The Morgan fingerprint density at radius 2 is 2.04 bits per heavy atom. The van der Waals surface area contributed by atoms with Crippen molar-refractivity contribution in [3.05, 3.63) is 47.5 Å². The smallest absolute Gasteiger partial charge is 0.246 e. The maximum atomic E-state index is 12.4. The topological polar surface area (TPSA) is 97.4 Å². The highest BCUT2D eigenvalue weighted by atomic mass is 32.2. The number of nitrogens with one attached hydrogen (secondary N) is 1. The number of fused-ring (bicyclic) bond motifs is 1. The minimum Gasteiger partial charge on any atom is -0.387 e. The van der Waals surface area contributed by atoms with E-state index in [-0.39, 0.29) is 17.2 Å². The van der Waals surface area contributed by atoms with Crippen LogP contribution in [0.25, 0.3) is 10.9 Å². The van der Waals surface area contributed by atoms with Gasteiger partial charge in [-0.15, -0.1) is 0 Å². The minimum atomic E-state index is -3.80. The Balaban J connectivity index is 1.84. The molecule has 24 heavy (non-hydrogen) atoms. The number of aliphatic hydroxyl groups excluding tert-OH is 1. The highest BCUT2D eigenvalue weighted by molar-refractivity contribution is 7.89. The lowest BCUT2D eigenvalue weighted by Crippen LogP contribution is -2.29. The number of benzene rings is 1. The van der Waals surface area contributed by atoms with E-state index in [4.69, 9.17) is 4.52 Å². The van der Waals surface area contributed by atoms with Crippen LogP contribution in [0.15, 0.2) is 39.9 Å². The van der Waals surface area contributed by atoms with Gasteiger partial charge in [0.25, 0.3) is 0 Å². The zero-order chi connectivity index (χ0) is 17.5. The number of rotatable bonds is 5. The van der Waals surface area contributed by atoms with Crippen LogP contribution in [0.3, 0.4) is 0 Å². The average Bonchev–Trinajstić information content (AvgIpc) is 3.06. The molecule has 7 nitrogen and oxygen atoms in total. The largest absolute Gasteiger partial charge is 0.387 e. The first-order valence-electron chi connectivity index (χ1n) is 7.46. The molecule has 2 aromatic heterocycles. The van der Waals surface area contributed by atoms with E-state index in [2.05, 4.69) is 9.88 Å². The second-order valence-corrected chi connectivity index (χ2v) is 7.44. The van der Waals surface area contributed by atoms with E-state index in [9.17, 15) is 13.5 Å². The normalized spacial score (nSPS) is 13.5. The van der Waals surface area contributed by atoms with E-state index < -0.39 is 16.1 Å². The summed E-state index contributed by atoms with van der Waals surface area (Å²) in [5.41, 5.74) is 1.94. The van der Waals surface area contributed by atoms with Crippen molar-refractivity contribution in [1.82, 2.24) is 14.4 Å². The monoisotopic (exact) mass is 349 g/mol. The van der Waals surface area contributed by atoms with Crippen molar-refractivity contribution in [2.45, 2.75) is 24.8 Å². The molecule has 2 heterocycles. The van der Waals surface area contributed by atoms with Crippen LogP contribution in [-0.4, -0.2) is 29.8 Å². The molecule has 128 valence electrons. The van der Waals surface area contributed by atoms with Gasteiger partial charge in [-0.1, -0.05) is 23.4 Å². The third kappa shape index (κ3) is 2.83. The highest BCUT2D eigenvalue weighted by Gasteiger charge is 2.25. The van der Waals surface area contributed by atoms with E-state index >= 15 is 0 Å². The van der Waals surface area contributed by atoms with Gasteiger partial charge in [0, 0.05) is 36.3 Å². The van der Waals surface area contributed by atoms with Crippen molar-refractivity contribution in [2.75, 3.05) is 6.54 Å². The number of hydrogen-bond donors (Lipinski definition) is 2. The fourth-order valence-electron chi connectivity index (χ4n) is 2.87. The summed E-state index contributed by atoms with van der Waals surface area (Å²) < 4.78 is 34.1. The van der Waals surface area contributed by atoms with Gasteiger partial charge in [-0.25, -0.2) is 13.1 Å². The summed E-state index contributed by atoms with van der Waals surface area (Å²) in [6, 6.07) is 7.64. The molecule has 2 N–H and O–H groups in total. The minimum absolute atomic E-state index is 0.0209. The first-order valence-corrected chi connectivity index (χ1v) is 8.94. The molecule has 0 bridgehead atoms. The molecule has 0 radical (unpaired) electrons. The van der Waals surface area contributed by atoms with Crippen LogP contribution < -0.4 is 4.72 Å². The Morgan fingerprint density at radius 1 is 1.33 bits per heavy atom. The van der Waals surface area contributed by atoms with Gasteiger partial charge in [-0.2, -0.15) is 0 Å². The quantitative estimate of drug-likeness (QED) is 0.732. The van der Waals surface area contributed by atoms with Gasteiger partial charge in [0.15, 0.2) is 5.76 Å². The Kier molecular flexibility index (Phi) is 4.20. The van der Waals surface area contributed by atoms with Gasteiger partial charge < -0.3 is 14.2 Å². The zero-order valence-electron chi connectivity index (χ0n) is 13.6. The number of nitrogens with zero attached hydrogens (tertiary/aromatic N) is 2. The summed E-state index contributed by atoms with van der Waals surface area (Å²) in [6.45, 7) is 2.96. The Morgan fingerprint density at radius 3 is 2.71 bits per heavy atom. The van der Waals surface area contributed by atoms with Gasteiger partial charge in [0.1, 0.15) is 10.6 Å². The molecule has 0 unspecified atom stereocenters. The molecule has 8 heteroatoms. The average molecular weight is 349 g/mol. The zero-order valence-corrected chi connectivity index (χ0v) is 14.5. The molecular formula is C16H19N3O4S. The van der Waals surface area contributed by atoms with Crippen molar-refractivity contribution >= 4 is 20.9 Å². The van der Waals surface area contributed by atoms with Crippen LogP contribution in [0.2, 0.25) is 0 Å². The van der Waals surface area contributed by atoms with Gasteiger partial charge in [-0.3, -0.25) is 0 Å². The first kappa shape index (κ1) is 16.7. The summed E-state index contributed by atoms with van der Waals surface area (Å²) in [5, 5.41) is 15.0.